The second-order valence-corrected chi connectivity index (χ2v) is 12.5. The van der Waals surface area contributed by atoms with E-state index in [0.29, 0.717) is 36.0 Å². The Balaban J connectivity index is 1.26. The highest BCUT2D eigenvalue weighted by atomic mass is 16.6. The molecule has 0 unspecified atom stereocenters. The van der Waals surface area contributed by atoms with Gasteiger partial charge in [-0.25, -0.2) is 9.78 Å². The molecule has 0 bridgehead atoms. The highest BCUT2D eigenvalue weighted by molar-refractivity contribution is 5.89. The lowest BCUT2D eigenvalue weighted by atomic mass is 10.1. The third-order valence-corrected chi connectivity index (χ3v) is 9.34. The molecule has 7 rings (SSSR count). The van der Waals surface area contributed by atoms with Gasteiger partial charge in [0.2, 0.25) is 0 Å². The molecule has 0 aliphatic carbocycles. The maximum atomic E-state index is 14.4. The van der Waals surface area contributed by atoms with Crippen molar-refractivity contribution >= 4 is 33.8 Å². The standard InChI is InChI=1S/C36H37N9O4/c1-24-39-31-32(34(46)45(24)30-14-6-13-29-28(30)12-7-17-38-29)40-35(48-23-27-11-8-18-42(27)2)41-33(31)43-19-20-44(26(21-43)15-16-37)36(47)49-22-25-9-4-3-5-10-25/h3-7,9-10,12-14,17,26-27H,8,11,15,18-23H2,1-2H3/t26-,27-/m0/s1. The zero-order valence-corrected chi connectivity index (χ0v) is 27.5. The minimum Gasteiger partial charge on any atom is -0.462 e. The fraction of sp³-hybridized carbons (Fsp3) is 0.361. The predicted molar refractivity (Wildman–Crippen MR) is 184 cm³/mol. The Bertz CT molecular complexity index is 2090. The number of anilines is 1. The Hall–Kier alpha value is -5.61. The summed E-state index contributed by atoms with van der Waals surface area (Å²) in [4.78, 5) is 52.3. The van der Waals surface area contributed by atoms with E-state index in [1.165, 1.54) is 0 Å². The summed E-state index contributed by atoms with van der Waals surface area (Å²) in [5.41, 5.74) is 2.37. The van der Waals surface area contributed by atoms with Crippen molar-refractivity contribution in [2.75, 3.05) is 44.7 Å². The Morgan fingerprint density at radius 2 is 1.84 bits per heavy atom. The number of rotatable bonds is 8. The van der Waals surface area contributed by atoms with Crippen LogP contribution in [0.2, 0.25) is 0 Å². The van der Waals surface area contributed by atoms with Crippen molar-refractivity contribution in [1.29, 1.82) is 5.26 Å². The summed E-state index contributed by atoms with van der Waals surface area (Å²) in [6.45, 7) is 4.22. The number of amides is 1. The van der Waals surface area contributed by atoms with Gasteiger partial charge in [0.05, 0.1) is 29.7 Å². The van der Waals surface area contributed by atoms with Crippen LogP contribution in [-0.2, 0) is 11.3 Å². The normalized spacial score (nSPS) is 18.1. The van der Waals surface area contributed by atoms with Crippen LogP contribution < -0.4 is 15.2 Å². The molecule has 0 N–H and O–H groups in total. The van der Waals surface area contributed by atoms with Crippen molar-refractivity contribution in [1.82, 2.24) is 34.3 Å². The molecule has 250 valence electrons. The number of hydrogen-bond acceptors (Lipinski definition) is 11. The van der Waals surface area contributed by atoms with Crippen molar-refractivity contribution in [2.24, 2.45) is 0 Å². The molecular weight excluding hydrogens is 622 g/mol. The molecule has 0 radical (unpaired) electrons. The number of nitriles is 1. The molecular formula is C36H37N9O4. The topological polar surface area (TPSA) is 143 Å². The van der Waals surface area contributed by atoms with Gasteiger partial charge in [0.25, 0.3) is 5.56 Å². The fourth-order valence-electron chi connectivity index (χ4n) is 6.72. The fourth-order valence-corrected chi connectivity index (χ4v) is 6.72. The van der Waals surface area contributed by atoms with Crippen molar-refractivity contribution in [2.45, 2.75) is 44.9 Å². The number of aromatic nitrogens is 5. The zero-order valence-electron chi connectivity index (χ0n) is 27.5. The van der Waals surface area contributed by atoms with Crippen LogP contribution in [0.4, 0.5) is 10.6 Å². The van der Waals surface area contributed by atoms with E-state index in [4.69, 9.17) is 19.4 Å². The van der Waals surface area contributed by atoms with Crippen molar-refractivity contribution in [3.05, 3.63) is 88.6 Å². The van der Waals surface area contributed by atoms with Crippen molar-refractivity contribution in [3.8, 4) is 17.8 Å². The maximum Gasteiger partial charge on any atom is 0.410 e. The smallest absolute Gasteiger partial charge is 0.410 e. The molecule has 2 aliphatic rings. The average Bonchev–Trinajstić information content (AvgIpc) is 3.54. The third kappa shape index (κ3) is 6.47. The van der Waals surface area contributed by atoms with E-state index in [0.717, 1.165) is 35.9 Å². The lowest BCUT2D eigenvalue weighted by Crippen LogP contribution is -2.55. The summed E-state index contributed by atoms with van der Waals surface area (Å²) in [5.74, 6) is 0.878. The molecule has 2 aliphatic heterocycles. The molecule has 2 aromatic carbocycles. The Morgan fingerprint density at radius 1 is 0.980 bits per heavy atom. The van der Waals surface area contributed by atoms with E-state index in [9.17, 15) is 14.9 Å². The summed E-state index contributed by atoms with van der Waals surface area (Å²) < 4.78 is 13.4. The van der Waals surface area contributed by atoms with E-state index in [1.54, 1.807) is 22.6 Å². The first kappa shape index (κ1) is 32.0. The minimum atomic E-state index is -0.484. The molecule has 2 fully saturated rings. The number of ether oxygens (including phenoxy) is 2. The molecule has 2 atom stereocenters. The third-order valence-electron chi connectivity index (χ3n) is 9.34. The van der Waals surface area contributed by atoms with Gasteiger partial charge < -0.3 is 24.2 Å². The molecule has 13 nitrogen and oxygen atoms in total. The summed E-state index contributed by atoms with van der Waals surface area (Å²) in [6, 6.07) is 20.9. The first-order chi connectivity index (χ1) is 23.9. The highest BCUT2D eigenvalue weighted by Crippen LogP contribution is 2.29. The average molecular weight is 660 g/mol. The minimum absolute atomic E-state index is 0.0817. The zero-order chi connectivity index (χ0) is 33.9. The molecule has 3 aromatic heterocycles. The molecule has 5 aromatic rings. The van der Waals surface area contributed by atoms with Crippen LogP contribution in [0.5, 0.6) is 6.01 Å². The molecule has 13 heteroatoms. The molecule has 2 saturated heterocycles. The lowest BCUT2D eigenvalue weighted by molar-refractivity contribution is 0.0768. The number of carbonyl (C=O) groups excluding carboxylic acids is 1. The molecule has 49 heavy (non-hydrogen) atoms. The van der Waals surface area contributed by atoms with Crippen LogP contribution in [0.15, 0.2) is 71.7 Å². The molecule has 1 amide bonds. The van der Waals surface area contributed by atoms with Gasteiger partial charge in [-0.05, 0) is 63.2 Å². The van der Waals surface area contributed by atoms with Crippen LogP contribution in [0, 0.1) is 18.3 Å². The maximum absolute atomic E-state index is 14.4. The number of benzene rings is 2. The Morgan fingerprint density at radius 3 is 2.63 bits per heavy atom. The van der Waals surface area contributed by atoms with Crippen molar-refractivity contribution < 1.29 is 14.3 Å². The van der Waals surface area contributed by atoms with Gasteiger partial charge in [-0.1, -0.05) is 36.4 Å². The Labute approximate surface area is 283 Å². The van der Waals surface area contributed by atoms with E-state index in [1.807, 2.05) is 65.6 Å². The number of nitrogens with zero attached hydrogens (tertiary/aromatic N) is 9. The number of pyridine rings is 1. The van der Waals surface area contributed by atoms with E-state index >= 15 is 0 Å². The van der Waals surface area contributed by atoms with Gasteiger partial charge >= 0.3 is 12.1 Å². The quantitative estimate of drug-likeness (QED) is 0.236. The summed E-state index contributed by atoms with van der Waals surface area (Å²) in [6.07, 6.45) is 3.40. The molecule has 5 heterocycles. The number of piperazine rings is 1. The van der Waals surface area contributed by atoms with Crippen LogP contribution >= 0.6 is 0 Å². The van der Waals surface area contributed by atoms with Gasteiger partial charge in [0, 0.05) is 37.3 Å². The largest absolute Gasteiger partial charge is 0.462 e. The second-order valence-electron chi connectivity index (χ2n) is 12.5. The van der Waals surface area contributed by atoms with Crippen LogP contribution in [0.3, 0.4) is 0 Å². The van der Waals surface area contributed by atoms with Gasteiger partial charge in [-0.3, -0.25) is 14.3 Å². The number of hydrogen-bond donors (Lipinski definition) is 0. The van der Waals surface area contributed by atoms with Crippen LogP contribution in [0.1, 0.15) is 30.7 Å². The highest BCUT2D eigenvalue weighted by Gasteiger charge is 2.34. The summed E-state index contributed by atoms with van der Waals surface area (Å²) in [5, 5.41) is 10.5. The number of likely N-dealkylation sites (N-methyl/N-ethyl adjacent to an activating group) is 1. The van der Waals surface area contributed by atoms with Gasteiger partial charge in [-0.2, -0.15) is 15.2 Å². The molecule has 0 saturated carbocycles. The van der Waals surface area contributed by atoms with Crippen LogP contribution in [-0.4, -0.2) is 92.3 Å². The summed E-state index contributed by atoms with van der Waals surface area (Å²) in [7, 11) is 2.07. The second kappa shape index (κ2) is 13.9. The van der Waals surface area contributed by atoms with E-state index in [2.05, 4.69) is 28.0 Å². The van der Waals surface area contributed by atoms with Crippen LogP contribution in [0.25, 0.3) is 27.6 Å². The first-order valence-corrected chi connectivity index (χ1v) is 16.5. The summed E-state index contributed by atoms with van der Waals surface area (Å²) >= 11 is 0. The van der Waals surface area contributed by atoms with E-state index in [-0.39, 0.29) is 49.2 Å². The number of carbonyl (C=O) groups is 1. The first-order valence-electron chi connectivity index (χ1n) is 16.5. The SMILES string of the molecule is Cc1nc2c(N3CCN(C(=O)OCc4ccccc4)[C@@H](CC#N)C3)nc(OC[C@@H]3CCCN3C)nc2c(=O)n1-c1cccc2ncccc12. The van der Waals surface area contributed by atoms with E-state index < -0.39 is 12.1 Å². The monoisotopic (exact) mass is 659 g/mol. The van der Waals surface area contributed by atoms with Gasteiger partial charge in [-0.15, -0.1) is 0 Å². The van der Waals surface area contributed by atoms with Gasteiger partial charge in [0.1, 0.15) is 24.6 Å². The lowest BCUT2D eigenvalue weighted by Gasteiger charge is -2.40. The number of fused-ring (bicyclic) bond motifs is 2. The van der Waals surface area contributed by atoms with Gasteiger partial charge in [0.15, 0.2) is 11.3 Å². The number of likely N-dealkylation sites (tertiary alicyclic amines) is 1. The number of aryl methyl sites for hydroxylation is 1. The predicted octanol–water partition coefficient (Wildman–Crippen LogP) is 4.25. The van der Waals surface area contributed by atoms with Crippen molar-refractivity contribution in [3.63, 3.8) is 0 Å². The molecule has 0 spiro atoms. The Kier molecular flexibility index (Phi) is 9.04.